The molecular formula is C13H20N2. The normalized spacial score (nSPS) is 26.7. The minimum absolute atomic E-state index is 0.454. The van der Waals surface area contributed by atoms with Crippen LogP contribution in [0.25, 0.3) is 0 Å². The number of hydrogen-bond donors (Lipinski definition) is 2. The van der Waals surface area contributed by atoms with Gasteiger partial charge in [-0.25, -0.2) is 0 Å². The highest BCUT2D eigenvalue weighted by Crippen LogP contribution is 2.50. The van der Waals surface area contributed by atoms with Crippen LogP contribution in [0.5, 0.6) is 0 Å². The number of hydrazine groups is 1. The fourth-order valence-electron chi connectivity index (χ4n) is 2.51. The van der Waals surface area contributed by atoms with Gasteiger partial charge in [-0.3, -0.25) is 11.3 Å². The largest absolute Gasteiger partial charge is 0.271 e. The first-order valence-corrected chi connectivity index (χ1v) is 5.75. The summed E-state index contributed by atoms with van der Waals surface area (Å²) >= 11 is 0. The lowest BCUT2D eigenvalue weighted by molar-refractivity contribution is 0.362. The van der Waals surface area contributed by atoms with Crippen LogP contribution in [0.3, 0.4) is 0 Å². The molecule has 1 aromatic carbocycles. The molecule has 1 aromatic rings. The van der Waals surface area contributed by atoms with Gasteiger partial charge in [0, 0.05) is 6.04 Å². The van der Waals surface area contributed by atoms with Gasteiger partial charge in [-0.1, -0.05) is 44.2 Å². The van der Waals surface area contributed by atoms with E-state index in [0.29, 0.717) is 12.0 Å². The van der Waals surface area contributed by atoms with Gasteiger partial charge in [-0.2, -0.15) is 0 Å². The molecule has 2 heteroatoms. The zero-order chi connectivity index (χ0) is 10.8. The van der Waals surface area contributed by atoms with Gasteiger partial charge >= 0.3 is 0 Å². The second kappa shape index (κ2) is 4.33. The highest BCUT2D eigenvalue weighted by molar-refractivity contribution is 5.26. The summed E-state index contributed by atoms with van der Waals surface area (Å²) in [7, 11) is 0. The lowest BCUT2D eigenvalue weighted by Crippen LogP contribution is -2.41. The SMILES string of the molecule is CC(C)C(NN)C1CC1c1ccccc1. The molecule has 0 amide bonds. The van der Waals surface area contributed by atoms with Gasteiger partial charge in [0.25, 0.3) is 0 Å². The summed E-state index contributed by atoms with van der Waals surface area (Å²) in [6.45, 7) is 4.45. The van der Waals surface area contributed by atoms with Crippen LogP contribution in [0.2, 0.25) is 0 Å². The number of rotatable bonds is 4. The second-order valence-electron chi connectivity index (χ2n) is 4.85. The van der Waals surface area contributed by atoms with E-state index >= 15 is 0 Å². The Bertz CT molecular complexity index is 308. The summed E-state index contributed by atoms with van der Waals surface area (Å²) in [4.78, 5) is 0. The molecule has 2 nitrogen and oxygen atoms in total. The third-order valence-corrected chi connectivity index (χ3v) is 3.44. The first kappa shape index (κ1) is 10.7. The van der Waals surface area contributed by atoms with Crippen molar-refractivity contribution in [3.63, 3.8) is 0 Å². The van der Waals surface area contributed by atoms with E-state index in [-0.39, 0.29) is 0 Å². The Morgan fingerprint density at radius 1 is 1.27 bits per heavy atom. The number of hydrogen-bond acceptors (Lipinski definition) is 2. The Labute approximate surface area is 91.8 Å². The Kier molecular flexibility index (Phi) is 3.08. The monoisotopic (exact) mass is 204 g/mol. The molecule has 1 saturated carbocycles. The molecule has 1 fully saturated rings. The third kappa shape index (κ3) is 2.21. The predicted octanol–water partition coefficient (Wildman–Crippen LogP) is 2.28. The molecule has 0 aliphatic heterocycles. The quantitative estimate of drug-likeness (QED) is 0.583. The van der Waals surface area contributed by atoms with E-state index in [1.54, 1.807) is 0 Å². The zero-order valence-electron chi connectivity index (χ0n) is 9.48. The summed E-state index contributed by atoms with van der Waals surface area (Å²) in [5, 5.41) is 0. The molecule has 0 saturated heterocycles. The summed E-state index contributed by atoms with van der Waals surface area (Å²) < 4.78 is 0. The van der Waals surface area contributed by atoms with Crippen LogP contribution in [-0.2, 0) is 0 Å². The summed E-state index contributed by atoms with van der Waals surface area (Å²) in [5.41, 5.74) is 4.42. The van der Waals surface area contributed by atoms with Crippen molar-refractivity contribution in [2.45, 2.75) is 32.2 Å². The first-order chi connectivity index (χ1) is 7.24. The summed E-state index contributed by atoms with van der Waals surface area (Å²) in [5.74, 6) is 7.65. The summed E-state index contributed by atoms with van der Waals surface area (Å²) in [6.07, 6.45) is 1.27. The molecule has 0 bridgehead atoms. The smallest absolute Gasteiger partial charge is 0.0267 e. The van der Waals surface area contributed by atoms with E-state index in [1.165, 1.54) is 12.0 Å². The van der Waals surface area contributed by atoms with E-state index in [0.717, 1.165) is 11.8 Å². The van der Waals surface area contributed by atoms with Gasteiger partial charge < -0.3 is 0 Å². The van der Waals surface area contributed by atoms with Crippen LogP contribution in [0.4, 0.5) is 0 Å². The van der Waals surface area contributed by atoms with Crippen molar-refractivity contribution in [3.8, 4) is 0 Å². The molecule has 0 spiro atoms. The van der Waals surface area contributed by atoms with Crippen molar-refractivity contribution in [2.75, 3.05) is 0 Å². The molecule has 3 N–H and O–H groups in total. The Morgan fingerprint density at radius 2 is 1.93 bits per heavy atom. The minimum Gasteiger partial charge on any atom is -0.271 e. The van der Waals surface area contributed by atoms with Gasteiger partial charge in [-0.05, 0) is 29.7 Å². The van der Waals surface area contributed by atoms with Crippen LogP contribution >= 0.6 is 0 Å². The molecule has 1 aliphatic carbocycles. The molecule has 15 heavy (non-hydrogen) atoms. The maximum Gasteiger partial charge on any atom is 0.0267 e. The van der Waals surface area contributed by atoms with Crippen LogP contribution in [0.1, 0.15) is 31.7 Å². The van der Waals surface area contributed by atoms with Gasteiger partial charge in [0.1, 0.15) is 0 Å². The molecule has 1 aliphatic rings. The fraction of sp³-hybridized carbons (Fsp3) is 0.538. The maximum atomic E-state index is 5.60. The molecule has 0 radical (unpaired) electrons. The Hall–Kier alpha value is -0.860. The summed E-state index contributed by atoms with van der Waals surface area (Å²) in [6, 6.07) is 11.2. The Morgan fingerprint density at radius 3 is 2.47 bits per heavy atom. The van der Waals surface area contributed by atoms with Gasteiger partial charge in [-0.15, -0.1) is 0 Å². The third-order valence-electron chi connectivity index (χ3n) is 3.44. The molecule has 3 atom stereocenters. The lowest BCUT2D eigenvalue weighted by atomic mass is 9.97. The van der Waals surface area contributed by atoms with Crippen molar-refractivity contribution in [1.29, 1.82) is 0 Å². The van der Waals surface area contributed by atoms with Gasteiger partial charge in [0.2, 0.25) is 0 Å². The minimum atomic E-state index is 0.454. The lowest BCUT2D eigenvalue weighted by Gasteiger charge is -2.19. The molecule has 0 heterocycles. The van der Waals surface area contributed by atoms with Crippen molar-refractivity contribution >= 4 is 0 Å². The molecule has 0 aromatic heterocycles. The number of benzene rings is 1. The molecular weight excluding hydrogens is 184 g/mol. The molecule has 2 rings (SSSR count). The van der Waals surface area contributed by atoms with E-state index in [4.69, 9.17) is 5.84 Å². The number of nitrogens with two attached hydrogens (primary N) is 1. The van der Waals surface area contributed by atoms with Crippen LogP contribution in [-0.4, -0.2) is 6.04 Å². The fourth-order valence-corrected chi connectivity index (χ4v) is 2.51. The molecule has 82 valence electrons. The van der Waals surface area contributed by atoms with Crippen LogP contribution in [0.15, 0.2) is 30.3 Å². The predicted molar refractivity (Wildman–Crippen MR) is 63.2 cm³/mol. The molecule has 3 unspecified atom stereocenters. The van der Waals surface area contributed by atoms with Crippen LogP contribution in [0, 0.1) is 11.8 Å². The van der Waals surface area contributed by atoms with Crippen LogP contribution < -0.4 is 11.3 Å². The van der Waals surface area contributed by atoms with E-state index in [2.05, 4.69) is 49.6 Å². The maximum absolute atomic E-state index is 5.60. The van der Waals surface area contributed by atoms with Gasteiger partial charge in [0.05, 0.1) is 0 Å². The van der Waals surface area contributed by atoms with Crippen molar-refractivity contribution in [3.05, 3.63) is 35.9 Å². The van der Waals surface area contributed by atoms with E-state index < -0.39 is 0 Å². The van der Waals surface area contributed by atoms with E-state index in [1.807, 2.05) is 0 Å². The Balaban J connectivity index is 2.01. The van der Waals surface area contributed by atoms with Crippen molar-refractivity contribution in [1.82, 2.24) is 5.43 Å². The van der Waals surface area contributed by atoms with Crippen molar-refractivity contribution < 1.29 is 0 Å². The van der Waals surface area contributed by atoms with E-state index in [9.17, 15) is 0 Å². The topological polar surface area (TPSA) is 38.0 Å². The average molecular weight is 204 g/mol. The first-order valence-electron chi connectivity index (χ1n) is 5.75. The van der Waals surface area contributed by atoms with Crippen molar-refractivity contribution in [2.24, 2.45) is 17.7 Å². The zero-order valence-corrected chi connectivity index (χ0v) is 9.48. The standard InChI is InChI=1S/C13H20N2/c1-9(2)13(15-14)12-8-11(12)10-6-4-3-5-7-10/h3-7,9,11-13,15H,8,14H2,1-2H3. The highest BCUT2D eigenvalue weighted by atomic mass is 15.2. The number of nitrogens with one attached hydrogen (secondary N) is 1. The second-order valence-corrected chi connectivity index (χ2v) is 4.85. The highest BCUT2D eigenvalue weighted by Gasteiger charge is 2.44. The average Bonchev–Trinajstić information content (AvgIpc) is 3.00. The van der Waals surface area contributed by atoms with Gasteiger partial charge in [0.15, 0.2) is 0 Å².